The third-order valence-electron chi connectivity index (χ3n) is 5.31. The molecule has 1 saturated carbocycles. The van der Waals surface area contributed by atoms with Crippen molar-refractivity contribution in [2.75, 3.05) is 0 Å². The number of carboxylic acid groups (broad SMARTS) is 1. The maximum Gasteiger partial charge on any atom is 0.407 e. The number of benzene rings is 1. The molecule has 5 N–H and O–H groups in total. The van der Waals surface area contributed by atoms with Gasteiger partial charge in [0.05, 0.1) is 0 Å². The highest BCUT2D eigenvalue weighted by Crippen LogP contribution is 2.29. The minimum absolute atomic E-state index is 0.191. The van der Waals surface area contributed by atoms with Gasteiger partial charge in [0, 0.05) is 39.6 Å². The van der Waals surface area contributed by atoms with Crippen LogP contribution in [-0.4, -0.2) is 50.7 Å². The Balaban J connectivity index is 1.75. The zero-order chi connectivity index (χ0) is 20.6. The molecule has 0 aliphatic heterocycles. The number of aromatic nitrogens is 1. The molecule has 0 radical (unpaired) electrons. The number of hydrogen-bond donors (Lipinski definition) is 4. The molecule has 1 heterocycles. The summed E-state index contributed by atoms with van der Waals surface area (Å²) in [6, 6.07) is 6.42. The predicted molar refractivity (Wildman–Crippen MR) is 110 cm³/mol. The zero-order valence-corrected chi connectivity index (χ0v) is 17.1. The van der Waals surface area contributed by atoms with Gasteiger partial charge in [0.25, 0.3) is 5.91 Å². The summed E-state index contributed by atoms with van der Waals surface area (Å²) < 4.78 is 0. The number of H-pyrrole nitrogens is 1. The molecule has 1 fully saturated rings. The molecule has 2 aromatic rings. The third kappa shape index (κ3) is 4.25. The maximum absolute atomic E-state index is 12.8. The summed E-state index contributed by atoms with van der Waals surface area (Å²) in [6.07, 6.45) is 0.869. The number of carbonyl (C=O) groups excluding carboxylic acids is 1. The van der Waals surface area contributed by atoms with Gasteiger partial charge in [-0.25, -0.2) is 4.79 Å². The first-order chi connectivity index (χ1) is 13.1. The normalized spacial score (nSPS) is 22.8. The first kappa shape index (κ1) is 20.5. The van der Waals surface area contributed by atoms with Crippen molar-refractivity contribution in [3.05, 3.63) is 35.0 Å². The number of nitrogens with zero attached hydrogens (tertiary/aromatic N) is 1. The molecule has 1 aromatic carbocycles. The second-order valence-electron chi connectivity index (χ2n) is 8.45. The van der Waals surface area contributed by atoms with E-state index in [4.69, 9.17) is 17.3 Å². The zero-order valence-electron chi connectivity index (χ0n) is 16.3. The quantitative estimate of drug-likeness (QED) is 0.624. The lowest BCUT2D eigenvalue weighted by Gasteiger charge is -2.44. The van der Waals surface area contributed by atoms with Gasteiger partial charge in [-0.2, -0.15) is 0 Å². The lowest BCUT2D eigenvalue weighted by Crippen LogP contribution is -2.59. The number of carbonyl (C=O) groups is 2. The van der Waals surface area contributed by atoms with Crippen LogP contribution in [0, 0.1) is 0 Å². The van der Waals surface area contributed by atoms with Crippen molar-refractivity contribution >= 4 is 34.5 Å². The average molecular weight is 407 g/mol. The second kappa shape index (κ2) is 7.64. The van der Waals surface area contributed by atoms with Crippen LogP contribution < -0.4 is 11.1 Å². The van der Waals surface area contributed by atoms with Crippen molar-refractivity contribution in [2.45, 2.75) is 63.7 Å². The Morgan fingerprint density at radius 2 is 2.00 bits per heavy atom. The lowest BCUT2D eigenvalue weighted by molar-refractivity contribution is 0.0478. The van der Waals surface area contributed by atoms with Crippen molar-refractivity contribution in [1.29, 1.82) is 0 Å². The van der Waals surface area contributed by atoms with Crippen molar-refractivity contribution < 1.29 is 14.7 Å². The Morgan fingerprint density at radius 3 is 2.64 bits per heavy atom. The number of nitrogens with one attached hydrogen (secondary N) is 2. The molecule has 3 atom stereocenters. The summed E-state index contributed by atoms with van der Waals surface area (Å²) in [5.41, 5.74) is 6.97. The van der Waals surface area contributed by atoms with Crippen LogP contribution in [0.3, 0.4) is 0 Å². The second-order valence-corrected chi connectivity index (χ2v) is 8.89. The minimum Gasteiger partial charge on any atom is -0.465 e. The van der Waals surface area contributed by atoms with E-state index in [0.717, 1.165) is 10.9 Å². The smallest absolute Gasteiger partial charge is 0.407 e. The monoisotopic (exact) mass is 406 g/mol. The van der Waals surface area contributed by atoms with Gasteiger partial charge < -0.3 is 26.0 Å². The Morgan fingerprint density at radius 1 is 1.29 bits per heavy atom. The summed E-state index contributed by atoms with van der Waals surface area (Å²) in [5.74, 6) is -0.258. The maximum atomic E-state index is 12.8. The van der Waals surface area contributed by atoms with Crippen LogP contribution >= 0.6 is 11.6 Å². The summed E-state index contributed by atoms with van der Waals surface area (Å²) in [4.78, 5) is 29.1. The third-order valence-corrected chi connectivity index (χ3v) is 5.55. The topological polar surface area (TPSA) is 111 Å². The van der Waals surface area contributed by atoms with Gasteiger partial charge in [-0.3, -0.25) is 4.79 Å². The summed E-state index contributed by atoms with van der Waals surface area (Å²) in [6.45, 7) is 5.62. The number of aromatic amines is 1. The number of amides is 2. The fourth-order valence-corrected chi connectivity index (χ4v) is 4.22. The Bertz CT molecular complexity index is 889. The van der Waals surface area contributed by atoms with Crippen molar-refractivity contribution in [3.63, 3.8) is 0 Å². The van der Waals surface area contributed by atoms with Gasteiger partial charge in [0.15, 0.2) is 0 Å². The van der Waals surface area contributed by atoms with Gasteiger partial charge >= 0.3 is 6.09 Å². The van der Waals surface area contributed by atoms with E-state index in [9.17, 15) is 14.7 Å². The van der Waals surface area contributed by atoms with E-state index in [-0.39, 0.29) is 24.0 Å². The molecule has 1 unspecified atom stereocenters. The number of rotatable bonds is 3. The van der Waals surface area contributed by atoms with Crippen LogP contribution in [0.25, 0.3) is 10.9 Å². The largest absolute Gasteiger partial charge is 0.465 e. The summed E-state index contributed by atoms with van der Waals surface area (Å²) in [5, 5.41) is 14.1. The molecular weight excluding hydrogens is 380 g/mol. The van der Waals surface area contributed by atoms with E-state index >= 15 is 0 Å². The molecule has 1 aliphatic rings. The number of halogens is 1. The minimum atomic E-state index is -0.953. The summed E-state index contributed by atoms with van der Waals surface area (Å²) in [7, 11) is 0. The van der Waals surface area contributed by atoms with Gasteiger partial charge in [-0.15, -0.1) is 0 Å². The van der Waals surface area contributed by atoms with Crippen LogP contribution in [0.1, 0.15) is 50.5 Å². The van der Waals surface area contributed by atoms with Gasteiger partial charge in [-0.1, -0.05) is 11.6 Å². The first-order valence-corrected chi connectivity index (χ1v) is 9.81. The van der Waals surface area contributed by atoms with E-state index in [2.05, 4.69) is 10.3 Å². The van der Waals surface area contributed by atoms with Gasteiger partial charge in [-0.05, 0) is 64.3 Å². The van der Waals surface area contributed by atoms with E-state index in [1.54, 1.807) is 18.2 Å². The van der Waals surface area contributed by atoms with E-state index in [1.807, 2.05) is 26.8 Å². The molecular formula is C20H27ClN4O3. The first-order valence-electron chi connectivity index (χ1n) is 9.43. The summed E-state index contributed by atoms with van der Waals surface area (Å²) >= 11 is 6.01. The molecule has 7 nitrogen and oxygen atoms in total. The van der Waals surface area contributed by atoms with Gasteiger partial charge in [0.2, 0.25) is 0 Å². The van der Waals surface area contributed by atoms with E-state index in [0.29, 0.717) is 30.0 Å². The molecule has 0 saturated heterocycles. The highest BCUT2D eigenvalue weighted by atomic mass is 35.5. The fraction of sp³-hybridized carbons (Fsp3) is 0.500. The highest BCUT2D eigenvalue weighted by molar-refractivity contribution is 6.31. The van der Waals surface area contributed by atoms with E-state index in [1.165, 1.54) is 4.90 Å². The Labute approximate surface area is 169 Å². The predicted octanol–water partition coefficient (Wildman–Crippen LogP) is 3.58. The molecule has 8 heteroatoms. The van der Waals surface area contributed by atoms with Crippen LogP contribution in [0.2, 0.25) is 5.02 Å². The van der Waals surface area contributed by atoms with Crippen molar-refractivity contribution in [3.8, 4) is 0 Å². The molecule has 1 aliphatic carbocycles. The number of hydrogen-bond acceptors (Lipinski definition) is 3. The number of fused-ring (bicyclic) bond motifs is 1. The lowest BCUT2D eigenvalue weighted by atomic mass is 9.84. The molecule has 0 spiro atoms. The Kier molecular flexibility index (Phi) is 5.59. The highest BCUT2D eigenvalue weighted by Gasteiger charge is 2.39. The van der Waals surface area contributed by atoms with Crippen LogP contribution in [0.5, 0.6) is 0 Å². The molecule has 0 bridgehead atoms. The molecule has 2 amide bonds. The van der Waals surface area contributed by atoms with Crippen molar-refractivity contribution in [1.82, 2.24) is 15.2 Å². The Hall–Kier alpha value is -2.25. The van der Waals surface area contributed by atoms with Gasteiger partial charge in [0.1, 0.15) is 5.69 Å². The SMILES string of the molecule is CC(C)(C)N(C(=O)O)C1CC[C@H](N)[C@H](NC(=O)c2cc3cc(Cl)ccc3[nH]2)C1. The van der Waals surface area contributed by atoms with Crippen LogP contribution in [-0.2, 0) is 0 Å². The average Bonchev–Trinajstić information content (AvgIpc) is 2.99. The van der Waals surface area contributed by atoms with E-state index < -0.39 is 11.6 Å². The molecule has 1 aromatic heterocycles. The number of nitrogens with two attached hydrogens (primary N) is 1. The standard InChI is InChI=1S/C20H27ClN4O3/c1-20(2,3)25(19(27)28)13-5-6-14(22)16(10-13)24-18(26)17-9-11-8-12(21)4-7-15(11)23-17/h4,7-9,13-14,16,23H,5-6,10,22H2,1-3H3,(H,24,26)(H,27,28)/t13?,14-,16+/m0/s1. The van der Waals surface area contributed by atoms with Crippen LogP contribution in [0.15, 0.2) is 24.3 Å². The van der Waals surface area contributed by atoms with Crippen LogP contribution in [0.4, 0.5) is 4.79 Å². The molecule has 152 valence electrons. The van der Waals surface area contributed by atoms with Crippen molar-refractivity contribution in [2.24, 2.45) is 5.73 Å². The molecule has 28 heavy (non-hydrogen) atoms. The molecule has 3 rings (SSSR count). The fourth-order valence-electron chi connectivity index (χ4n) is 4.04.